The zero-order valence-electron chi connectivity index (χ0n) is 18.4. The van der Waals surface area contributed by atoms with Crippen molar-refractivity contribution in [3.8, 4) is 0 Å². The monoisotopic (exact) mass is 426 g/mol. The van der Waals surface area contributed by atoms with Gasteiger partial charge in [-0.3, -0.25) is 9.59 Å². The molecule has 31 heavy (non-hydrogen) atoms. The van der Waals surface area contributed by atoms with Gasteiger partial charge in [-0.05, 0) is 44.5 Å². The quantitative estimate of drug-likeness (QED) is 0.715. The number of morpholine rings is 2. The highest BCUT2D eigenvalue weighted by Crippen LogP contribution is 2.33. The zero-order valence-corrected chi connectivity index (χ0v) is 18.4. The van der Waals surface area contributed by atoms with E-state index in [9.17, 15) is 9.59 Å². The van der Waals surface area contributed by atoms with Crippen molar-refractivity contribution >= 4 is 28.8 Å². The number of aromatic nitrogens is 1. The molecule has 0 spiro atoms. The molecule has 2 aliphatic rings. The van der Waals surface area contributed by atoms with E-state index in [4.69, 9.17) is 9.47 Å². The van der Waals surface area contributed by atoms with Gasteiger partial charge in [0.25, 0.3) is 5.91 Å². The van der Waals surface area contributed by atoms with Crippen molar-refractivity contribution in [2.75, 3.05) is 67.7 Å². The van der Waals surface area contributed by atoms with Crippen molar-refractivity contribution in [2.24, 2.45) is 0 Å². The molecule has 2 aliphatic heterocycles. The fourth-order valence-electron chi connectivity index (χ4n) is 4.40. The van der Waals surface area contributed by atoms with E-state index in [1.165, 1.54) is 6.92 Å². The van der Waals surface area contributed by atoms with E-state index >= 15 is 0 Å². The molecule has 0 unspecified atom stereocenters. The van der Waals surface area contributed by atoms with Crippen LogP contribution >= 0.6 is 0 Å². The summed E-state index contributed by atoms with van der Waals surface area (Å²) < 4.78 is 11.0. The number of ether oxygens (including phenoxy) is 2. The van der Waals surface area contributed by atoms with Crippen LogP contribution in [0.3, 0.4) is 0 Å². The molecule has 1 amide bonds. The molecule has 8 heteroatoms. The number of anilines is 3. The molecule has 4 rings (SSSR count). The van der Waals surface area contributed by atoms with Crippen molar-refractivity contribution < 1.29 is 19.1 Å². The Labute approximate surface area is 182 Å². The number of ketones is 1. The number of aromatic amines is 1. The molecule has 1 aromatic carbocycles. The lowest BCUT2D eigenvalue weighted by molar-refractivity contribution is 0.101. The Kier molecular flexibility index (Phi) is 6.29. The van der Waals surface area contributed by atoms with Gasteiger partial charge in [0.05, 0.1) is 37.8 Å². The van der Waals surface area contributed by atoms with Crippen molar-refractivity contribution in [2.45, 2.75) is 20.8 Å². The Balaban J connectivity index is 1.64. The minimum atomic E-state index is -0.248. The first-order valence-corrected chi connectivity index (χ1v) is 10.8. The van der Waals surface area contributed by atoms with E-state index in [2.05, 4.69) is 26.2 Å². The number of H-pyrrole nitrogens is 1. The van der Waals surface area contributed by atoms with E-state index < -0.39 is 0 Å². The predicted octanol–water partition coefficient (Wildman–Crippen LogP) is 2.76. The van der Waals surface area contributed by atoms with Crippen LogP contribution in [0.5, 0.6) is 0 Å². The number of hydrogen-bond donors (Lipinski definition) is 2. The zero-order chi connectivity index (χ0) is 22.0. The Morgan fingerprint density at radius 2 is 1.58 bits per heavy atom. The van der Waals surface area contributed by atoms with Crippen LogP contribution in [0.25, 0.3) is 0 Å². The fraction of sp³-hybridized carbons (Fsp3) is 0.478. The van der Waals surface area contributed by atoms with Gasteiger partial charge in [0.15, 0.2) is 5.78 Å². The molecular formula is C23H30N4O4. The summed E-state index contributed by atoms with van der Waals surface area (Å²) in [4.78, 5) is 32.7. The van der Waals surface area contributed by atoms with E-state index in [1.54, 1.807) is 6.92 Å². The molecule has 166 valence electrons. The normalized spacial score (nSPS) is 17.0. The molecule has 1 aromatic heterocycles. The smallest absolute Gasteiger partial charge is 0.272 e. The molecule has 0 bridgehead atoms. The van der Waals surface area contributed by atoms with Gasteiger partial charge in [0.2, 0.25) is 0 Å². The number of carbonyl (C=O) groups is 2. The highest BCUT2D eigenvalue weighted by atomic mass is 16.5. The third-order valence-electron chi connectivity index (χ3n) is 5.97. The maximum atomic E-state index is 13.1. The van der Waals surface area contributed by atoms with E-state index in [0.29, 0.717) is 35.7 Å². The third kappa shape index (κ3) is 4.45. The molecule has 2 aromatic rings. The number of rotatable bonds is 5. The van der Waals surface area contributed by atoms with E-state index in [0.717, 1.165) is 56.5 Å². The predicted molar refractivity (Wildman–Crippen MR) is 121 cm³/mol. The van der Waals surface area contributed by atoms with Crippen LogP contribution in [0.15, 0.2) is 18.2 Å². The summed E-state index contributed by atoms with van der Waals surface area (Å²) in [6.45, 7) is 11.1. The minimum absolute atomic E-state index is 0.0471. The van der Waals surface area contributed by atoms with Gasteiger partial charge in [0, 0.05) is 43.1 Å². The maximum Gasteiger partial charge on any atom is 0.272 e. The number of benzene rings is 1. The first-order valence-electron chi connectivity index (χ1n) is 10.8. The summed E-state index contributed by atoms with van der Waals surface area (Å²) in [5, 5.41) is 3.07. The second kappa shape index (κ2) is 9.11. The Morgan fingerprint density at radius 3 is 2.16 bits per heavy atom. The SMILES string of the molecule is CC(=O)c1c(C)[nH]c(C(=O)Nc2ccc(N3CCOCC3)cc2N2CCOCC2)c1C. The van der Waals surface area contributed by atoms with Crippen LogP contribution < -0.4 is 15.1 Å². The van der Waals surface area contributed by atoms with Crippen molar-refractivity contribution in [3.63, 3.8) is 0 Å². The van der Waals surface area contributed by atoms with Crippen LogP contribution in [0, 0.1) is 13.8 Å². The summed E-state index contributed by atoms with van der Waals surface area (Å²) in [5.41, 5.74) is 5.25. The lowest BCUT2D eigenvalue weighted by Gasteiger charge is -2.33. The molecule has 8 nitrogen and oxygen atoms in total. The Bertz CT molecular complexity index is 972. The largest absolute Gasteiger partial charge is 0.378 e. The average Bonchev–Trinajstić information content (AvgIpc) is 3.09. The van der Waals surface area contributed by atoms with Crippen molar-refractivity contribution in [1.29, 1.82) is 0 Å². The van der Waals surface area contributed by atoms with Gasteiger partial charge >= 0.3 is 0 Å². The first kappa shape index (κ1) is 21.4. The number of aryl methyl sites for hydroxylation is 1. The van der Waals surface area contributed by atoms with E-state index in [-0.39, 0.29) is 11.7 Å². The Hall–Kier alpha value is -2.84. The van der Waals surface area contributed by atoms with Crippen LogP contribution in [0.4, 0.5) is 17.1 Å². The van der Waals surface area contributed by atoms with Crippen LogP contribution in [0.1, 0.15) is 39.0 Å². The number of carbonyl (C=O) groups excluding carboxylic acids is 2. The standard InChI is InChI=1S/C23H30N4O4/c1-15-21(17(3)28)16(2)24-22(15)23(29)25-19-5-4-18(26-6-10-30-11-7-26)14-20(19)27-8-12-31-13-9-27/h4-5,14,24H,6-13H2,1-3H3,(H,25,29). The van der Waals surface area contributed by atoms with Crippen LogP contribution in [0.2, 0.25) is 0 Å². The van der Waals surface area contributed by atoms with Gasteiger partial charge in [0.1, 0.15) is 5.69 Å². The third-order valence-corrected chi connectivity index (χ3v) is 5.97. The highest BCUT2D eigenvalue weighted by molar-refractivity contribution is 6.09. The molecule has 2 N–H and O–H groups in total. The second-order valence-electron chi connectivity index (χ2n) is 8.04. The van der Waals surface area contributed by atoms with Gasteiger partial charge < -0.3 is 29.6 Å². The summed E-state index contributed by atoms with van der Waals surface area (Å²) >= 11 is 0. The van der Waals surface area contributed by atoms with Crippen molar-refractivity contribution in [1.82, 2.24) is 4.98 Å². The molecular weight excluding hydrogens is 396 g/mol. The molecule has 3 heterocycles. The number of amides is 1. The lowest BCUT2D eigenvalue weighted by Crippen LogP contribution is -2.38. The van der Waals surface area contributed by atoms with Gasteiger partial charge in [-0.1, -0.05) is 0 Å². The molecule has 0 atom stereocenters. The highest BCUT2D eigenvalue weighted by Gasteiger charge is 2.23. The van der Waals surface area contributed by atoms with Gasteiger partial charge in [-0.25, -0.2) is 0 Å². The Morgan fingerprint density at radius 1 is 0.968 bits per heavy atom. The molecule has 0 radical (unpaired) electrons. The summed E-state index contributed by atoms with van der Waals surface area (Å²) in [7, 11) is 0. The second-order valence-corrected chi connectivity index (χ2v) is 8.04. The summed E-state index contributed by atoms with van der Waals surface area (Å²) in [6, 6.07) is 6.14. The lowest BCUT2D eigenvalue weighted by atomic mass is 10.1. The number of nitrogens with zero attached hydrogens (tertiary/aromatic N) is 2. The number of Topliss-reactive ketones (excluding diaryl/α,β-unsaturated/α-hetero) is 1. The van der Waals surface area contributed by atoms with Crippen molar-refractivity contribution in [3.05, 3.63) is 40.7 Å². The average molecular weight is 427 g/mol. The first-order chi connectivity index (χ1) is 15.0. The van der Waals surface area contributed by atoms with Gasteiger partial charge in [-0.15, -0.1) is 0 Å². The molecule has 0 aliphatic carbocycles. The number of hydrogen-bond acceptors (Lipinski definition) is 6. The molecule has 0 saturated carbocycles. The number of nitrogens with one attached hydrogen (secondary N) is 2. The molecule has 2 fully saturated rings. The maximum absolute atomic E-state index is 13.1. The van der Waals surface area contributed by atoms with E-state index in [1.807, 2.05) is 19.1 Å². The van der Waals surface area contributed by atoms with Gasteiger partial charge in [-0.2, -0.15) is 0 Å². The van der Waals surface area contributed by atoms with Crippen LogP contribution in [-0.2, 0) is 9.47 Å². The summed E-state index contributed by atoms with van der Waals surface area (Å²) in [6.07, 6.45) is 0. The summed E-state index contributed by atoms with van der Waals surface area (Å²) in [5.74, 6) is -0.295. The topological polar surface area (TPSA) is 86.9 Å². The fourth-order valence-corrected chi connectivity index (χ4v) is 4.40. The molecule has 2 saturated heterocycles. The van der Waals surface area contributed by atoms with Crippen LogP contribution in [-0.4, -0.2) is 69.3 Å². The minimum Gasteiger partial charge on any atom is -0.378 e.